The number of ether oxygens (including phenoxy) is 3. The maximum Gasteiger partial charge on any atom is 0.307 e. The lowest BCUT2D eigenvalue weighted by Crippen LogP contribution is -2.47. The highest BCUT2D eigenvalue weighted by Crippen LogP contribution is 2.22. The second kappa shape index (κ2) is 7.82. The molecule has 1 unspecified atom stereocenters. The molecule has 0 bridgehead atoms. The van der Waals surface area contributed by atoms with Crippen molar-refractivity contribution in [2.24, 2.45) is 0 Å². The van der Waals surface area contributed by atoms with Crippen LogP contribution in [0.1, 0.15) is 33.6 Å². The lowest BCUT2D eigenvalue weighted by atomic mass is 9.95. The second-order valence-corrected chi connectivity index (χ2v) is 5.48. The van der Waals surface area contributed by atoms with Crippen LogP contribution in [0, 0.1) is 0 Å². The Labute approximate surface area is 116 Å². The summed E-state index contributed by atoms with van der Waals surface area (Å²) in [6, 6.07) is 0.151. The van der Waals surface area contributed by atoms with Gasteiger partial charge in [0.15, 0.2) is 0 Å². The van der Waals surface area contributed by atoms with Gasteiger partial charge < -0.3 is 14.2 Å². The standard InChI is InChI=1S/C14H27NO4/c1-5-19-13(16)10-12(11-14(2,3)17-4)15-6-8-18-9-7-15/h12H,5-11H2,1-4H3. The van der Waals surface area contributed by atoms with E-state index in [1.54, 1.807) is 7.11 Å². The van der Waals surface area contributed by atoms with Crippen LogP contribution in [0.3, 0.4) is 0 Å². The van der Waals surface area contributed by atoms with Gasteiger partial charge in [0.2, 0.25) is 0 Å². The van der Waals surface area contributed by atoms with E-state index in [0.717, 1.165) is 32.7 Å². The number of morpholine rings is 1. The van der Waals surface area contributed by atoms with Crippen LogP contribution in [0.5, 0.6) is 0 Å². The molecule has 1 heterocycles. The van der Waals surface area contributed by atoms with Crippen LogP contribution in [-0.4, -0.2) is 62.5 Å². The molecule has 112 valence electrons. The minimum Gasteiger partial charge on any atom is -0.466 e. The Bertz CT molecular complexity index is 275. The third kappa shape index (κ3) is 5.89. The van der Waals surface area contributed by atoms with Crippen molar-refractivity contribution in [3.05, 3.63) is 0 Å². The SMILES string of the molecule is CCOC(=O)CC(CC(C)(C)OC)N1CCOCC1. The molecule has 19 heavy (non-hydrogen) atoms. The first-order valence-corrected chi connectivity index (χ1v) is 7.01. The summed E-state index contributed by atoms with van der Waals surface area (Å²) in [4.78, 5) is 14.1. The van der Waals surface area contributed by atoms with Gasteiger partial charge >= 0.3 is 5.97 Å². The van der Waals surface area contributed by atoms with Crippen LogP contribution in [-0.2, 0) is 19.0 Å². The molecular weight excluding hydrogens is 246 g/mol. The molecule has 5 heteroatoms. The Kier molecular flexibility index (Phi) is 6.75. The fourth-order valence-corrected chi connectivity index (χ4v) is 2.34. The first-order chi connectivity index (χ1) is 8.98. The number of rotatable bonds is 7. The van der Waals surface area contributed by atoms with Gasteiger partial charge in [-0.05, 0) is 27.2 Å². The first-order valence-electron chi connectivity index (χ1n) is 7.01. The smallest absolute Gasteiger partial charge is 0.307 e. The molecule has 1 rings (SSSR count). The molecule has 0 aliphatic carbocycles. The van der Waals surface area contributed by atoms with Crippen molar-refractivity contribution in [2.75, 3.05) is 40.0 Å². The van der Waals surface area contributed by atoms with E-state index in [0.29, 0.717) is 13.0 Å². The Hall–Kier alpha value is -0.650. The molecular formula is C14H27NO4. The van der Waals surface area contributed by atoms with E-state index >= 15 is 0 Å². The minimum atomic E-state index is -0.241. The number of esters is 1. The van der Waals surface area contributed by atoms with Gasteiger partial charge in [0.1, 0.15) is 0 Å². The van der Waals surface area contributed by atoms with Gasteiger partial charge in [-0.3, -0.25) is 9.69 Å². The topological polar surface area (TPSA) is 48.0 Å². The molecule has 0 spiro atoms. The lowest BCUT2D eigenvalue weighted by Gasteiger charge is -2.37. The summed E-state index contributed by atoms with van der Waals surface area (Å²) in [5.41, 5.74) is -0.241. The number of nitrogens with zero attached hydrogens (tertiary/aromatic N) is 1. The molecule has 0 aromatic heterocycles. The van der Waals surface area contributed by atoms with Gasteiger partial charge in [-0.1, -0.05) is 0 Å². The summed E-state index contributed by atoms with van der Waals surface area (Å²) in [5.74, 6) is -0.133. The molecule has 0 aromatic rings. The summed E-state index contributed by atoms with van der Waals surface area (Å²) >= 11 is 0. The third-order valence-electron chi connectivity index (χ3n) is 3.55. The molecule has 1 aliphatic heterocycles. The van der Waals surface area contributed by atoms with Crippen molar-refractivity contribution in [1.82, 2.24) is 4.90 Å². The molecule has 5 nitrogen and oxygen atoms in total. The van der Waals surface area contributed by atoms with Gasteiger partial charge in [-0.15, -0.1) is 0 Å². The van der Waals surface area contributed by atoms with Crippen LogP contribution < -0.4 is 0 Å². The van der Waals surface area contributed by atoms with E-state index in [9.17, 15) is 4.79 Å². The van der Waals surface area contributed by atoms with Gasteiger partial charge in [-0.2, -0.15) is 0 Å². The van der Waals surface area contributed by atoms with Gasteiger partial charge in [0.25, 0.3) is 0 Å². The van der Waals surface area contributed by atoms with Gasteiger partial charge in [0, 0.05) is 26.2 Å². The van der Waals surface area contributed by atoms with Crippen LogP contribution in [0.2, 0.25) is 0 Å². The molecule has 1 saturated heterocycles. The quantitative estimate of drug-likeness (QED) is 0.657. The van der Waals surface area contributed by atoms with E-state index in [4.69, 9.17) is 14.2 Å². The van der Waals surface area contributed by atoms with Crippen LogP contribution in [0.4, 0.5) is 0 Å². The monoisotopic (exact) mass is 273 g/mol. The summed E-state index contributed by atoms with van der Waals surface area (Å²) in [6.45, 7) is 9.55. The largest absolute Gasteiger partial charge is 0.466 e. The van der Waals surface area contributed by atoms with E-state index in [2.05, 4.69) is 4.90 Å². The average molecular weight is 273 g/mol. The predicted molar refractivity (Wildman–Crippen MR) is 73.1 cm³/mol. The van der Waals surface area contributed by atoms with Crippen molar-refractivity contribution in [2.45, 2.75) is 45.3 Å². The van der Waals surface area contributed by atoms with E-state index in [1.165, 1.54) is 0 Å². The summed E-state index contributed by atoms with van der Waals surface area (Å²) in [7, 11) is 1.71. The van der Waals surface area contributed by atoms with Gasteiger partial charge in [-0.25, -0.2) is 0 Å². The van der Waals surface area contributed by atoms with Gasteiger partial charge in [0.05, 0.1) is 31.8 Å². The maximum absolute atomic E-state index is 11.7. The molecule has 0 radical (unpaired) electrons. The molecule has 0 amide bonds. The summed E-state index contributed by atoms with van der Waals surface area (Å²) in [6.07, 6.45) is 1.23. The molecule has 1 aliphatic rings. The molecule has 0 saturated carbocycles. The van der Waals surface area contributed by atoms with Crippen molar-refractivity contribution in [1.29, 1.82) is 0 Å². The zero-order valence-electron chi connectivity index (χ0n) is 12.6. The number of hydrogen-bond acceptors (Lipinski definition) is 5. The fraction of sp³-hybridized carbons (Fsp3) is 0.929. The Balaban J connectivity index is 2.63. The highest BCUT2D eigenvalue weighted by Gasteiger charge is 2.30. The first kappa shape index (κ1) is 16.4. The van der Waals surface area contributed by atoms with Crippen LogP contribution in [0.25, 0.3) is 0 Å². The van der Waals surface area contributed by atoms with Crippen molar-refractivity contribution in [3.8, 4) is 0 Å². The Morgan fingerprint density at radius 3 is 2.53 bits per heavy atom. The van der Waals surface area contributed by atoms with Crippen molar-refractivity contribution < 1.29 is 19.0 Å². The van der Waals surface area contributed by atoms with E-state index in [1.807, 2.05) is 20.8 Å². The minimum absolute atomic E-state index is 0.133. The number of carbonyl (C=O) groups excluding carboxylic acids is 1. The number of methoxy groups -OCH3 is 1. The van der Waals surface area contributed by atoms with Crippen molar-refractivity contribution in [3.63, 3.8) is 0 Å². The normalized spacial score (nSPS) is 19.2. The zero-order chi connectivity index (χ0) is 14.3. The average Bonchev–Trinajstić information content (AvgIpc) is 2.39. The summed E-state index contributed by atoms with van der Waals surface area (Å²) < 4.78 is 15.9. The predicted octanol–water partition coefficient (Wildman–Crippen LogP) is 1.46. The second-order valence-electron chi connectivity index (χ2n) is 5.48. The Morgan fingerprint density at radius 2 is 2.00 bits per heavy atom. The molecule has 0 N–H and O–H groups in total. The van der Waals surface area contributed by atoms with Crippen LogP contribution in [0.15, 0.2) is 0 Å². The van der Waals surface area contributed by atoms with E-state index in [-0.39, 0.29) is 17.6 Å². The third-order valence-corrected chi connectivity index (χ3v) is 3.55. The highest BCUT2D eigenvalue weighted by atomic mass is 16.5. The number of hydrogen-bond donors (Lipinski definition) is 0. The summed E-state index contributed by atoms with van der Waals surface area (Å²) in [5, 5.41) is 0. The molecule has 1 atom stereocenters. The lowest BCUT2D eigenvalue weighted by molar-refractivity contribution is -0.145. The zero-order valence-corrected chi connectivity index (χ0v) is 12.6. The molecule has 0 aromatic carbocycles. The van der Waals surface area contributed by atoms with Crippen LogP contribution >= 0.6 is 0 Å². The van der Waals surface area contributed by atoms with Crippen molar-refractivity contribution >= 4 is 5.97 Å². The molecule has 1 fully saturated rings. The highest BCUT2D eigenvalue weighted by molar-refractivity contribution is 5.70. The fourth-order valence-electron chi connectivity index (χ4n) is 2.34. The maximum atomic E-state index is 11.7. The Morgan fingerprint density at radius 1 is 1.37 bits per heavy atom. The van der Waals surface area contributed by atoms with E-state index < -0.39 is 0 Å². The number of carbonyl (C=O) groups is 1.